The van der Waals surface area contributed by atoms with E-state index in [0.717, 1.165) is 5.69 Å². The fraction of sp³-hybridized carbons (Fsp3) is 0.111. The van der Waals surface area contributed by atoms with Crippen LogP contribution in [-0.4, -0.2) is 35.3 Å². The van der Waals surface area contributed by atoms with Gasteiger partial charge in [0.05, 0.1) is 0 Å². The van der Waals surface area contributed by atoms with E-state index < -0.39 is 17.4 Å². The zero-order chi connectivity index (χ0) is 18.7. The normalized spacial score (nSPS) is 10.4. The van der Waals surface area contributed by atoms with E-state index in [1.807, 2.05) is 25.1 Å². The highest BCUT2D eigenvalue weighted by Gasteiger charge is 2.14. The molecule has 132 valence electrons. The topological polar surface area (TPSA) is 95.8 Å². The van der Waals surface area contributed by atoms with E-state index in [9.17, 15) is 14.4 Å². The molecule has 0 bridgehead atoms. The van der Waals surface area contributed by atoms with Gasteiger partial charge in [-0.15, -0.1) is 0 Å². The van der Waals surface area contributed by atoms with Crippen LogP contribution in [-0.2, 0) is 0 Å². The van der Waals surface area contributed by atoms with Crippen molar-refractivity contribution in [1.82, 2.24) is 20.2 Å². The molecule has 0 aliphatic heterocycles. The molecule has 8 nitrogen and oxygen atoms in total. The number of pyridine rings is 1. The molecule has 0 atom stereocenters. The summed E-state index contributed by atoms with van der Waals surface area (Å²) in [7, 11) is 3.72. The minimum absolute atomic E-state index is 0.170. The van der Waals surface area contributed by atoms with Gasteiger partial charge in [-0.3, -0.25) is 29.6 Å². The Hall–Kier alpha value is -3.68. The Bertz CT molecular complexity index is 1040. The van der Waals surface area contributed by atoms with E-state index in [4.69, 9.17) is 0 Å². The van der Waals surface area contributed by atoms with Crippen molar-refractivity contribution in [2.45, 2.75) is 0 Å². The maximum absolute atomic E-state index is 12.3. The van der Waals surface area contributed by atoms with Gasteiger partial charge in [0, 0.05) is 37.7 Å². The summed E-state index contributed by atoms with van der Waals surface area (Å²) in [6.07, 6.45) is 2.71. The predicted octanol–water partition coefficient (Wildman–Crippen LogP) is 0.835. The molecular weight excluding hydrogens is 334 g/mol. The molecule has 2 heterocycles. The van der Waals surface area contributed by atoms with Crippen molar-refractivity contribution in [2.75, 3.05) is 19.0 Å². The predicted molar refractivity (Wildman–Crippen MR) is 97.2 cm³/mol. The standard InChI is InChI=1S/C18H17N5O3/c1-22(2)13-7-5-6-12(10-13)16(24)20-21-17(25)14-11-19-15-8-3-4-9-23(15)18(14)26/h3-11H,1-2H3,(H,20,24)(H,21,25). The number of fused-ring (bicyclic) bond motifs is 1. The van der Waals surface area contributed by atoms with E-state index in [0.29, 0.717) is 11.2 Å². The first kappa shape index (κ1) is 17.2. The number of rotatable bonds is 3. The summed E-state index contributed by atoms with van der Waals surface area (Å²) in [4.78, 5) is 42.7. The first-order valence-electron chi connectivity index (χ1n) is 7.82. The zero-order valence-electron chi connectivity index (χ0n) is 14.3. The Labute approximate surface area is 149 Å². The van der Waals surface area contributed by atoms with Crippen LogP contribution in [0.4, 0.5) is 5.69 Å². The number of amides is 2. The molecule has 0 aliphatic rings. The monoisotopic (exact) mass is 351 g/mol. The number of carbonyl (C=O) groups is 2. The molecule has 0 saturated heterocycles. The Kier molecular flexibility index (Phi) is 4.66. The van der Waals surface area contributed by atoms with Crippen LogP contribution in [0.15, 0.2) is 59.7 Å². The van der Waals surface area contributed by atoms with E-state index >= 15 is 0 Å². The van der Waals surface area contributed by atoms with Crippen molar-refractivity contribution in [3.8, 4) is 0 Å². The van der Waals surface area contributed by atoms with Crippen molar-refractivity contribution in [2.24, 2.45) is 0 Å². The number of aromatic nitrogens is 2. The summed E-state index contributed by atoms with van der Waals surface area (Å²) in [6, 6.07) is 12.0. The Morgan fingerprint density at radius 3 is 2.58 bits per heavy atom. The first-order valence-corrected chi connectivity index (χ1v) is 7.82. The summed E-state index contributed by atoms with van der Waals surface area (Å²) in [6.45, 7) is 0. The highest BCUT2D eigenvalue weighted by Crippen LogP contribution is 2.13. The van der Waals surface area contributed by atoms with Crippen LogP contribution < -0.4 is 21.3 Å². The van der Waals surface area contributed by atoms with Gasteiger partial charge in [0.1, 0.15) is 11.2 Å². The number of hydrogen-bond donors (Lipinski definition) is 2. The van der Waals surface area contributed by atoms with Crippen LogP contribution >= 0.6 is 0 Å². The van der Waals surface area contributed by atoms with Gasteiger partial charge in [0.25, 0.3) is 17.4 Å². The van der Waals surface area contributed by atoms with Crippen molar-refractivity contribution in [3.63, 3.8) is 0 Å². The molecule has 1 aromatic carbocycles. The second-order valence-electron chi connectivity index (χ2n) is 5.76. The molecule has 3 rings (SSSR count). The molecule has 26 heavy (non-hydrogen) atoms. The molecule has 3 aromatic rings. The fourth-order valence-corrected chi connectivity index (χ4v) is 2.36. The van der Waals surface area contributed by atoms with Gasteiger partial charge in [0.15, 0.2) is 0 Å². The summed E-state index contributed by atoms with van der Waals surface area (Å²) in [5, 5.41) is 0. The summed E-state index contributed by atoms with van der Waals surface area (Å²) < 4.78 is 1.26. The quantitative estimate of drug-likeness (QED) is 0.682. The van der Waals surface area contributed by atoms with Crippen LogP contribution in [0.1, 0.15) is 20.7 Å². The maximum atomic E-state index is 12.3. The minimum atomic E-state index is -0.738. The van der Waals surface area contributed by atoms with E-state index in [1.54, 1.807) is 36.4 Å². The lowest BCUT2D eigenvalue weighted by Gasteiger charge is -2.13. The second-order valence-corrected chi connectivity index (χ2v) is 5.76. The minimum Gasteiger partial charge on any atom is -0.378 e. The Balaban J connectivity index is 1.75. The smallest absolute Gasteiger partial charge is 0.276 e. The lowest BCUT2D eigenvalue weighted by Crippen LogP contribution is -2.43. The number of anilines is 1. The first-order chi connectivity index (χ1) is 12.5. The van der Waals surface area contributed by atoms with Crippen LogP contribution in [0.2, 0.25) is 0 Å². The zero-order valence-corrected chi connectivity index (χ0v) is 14.3. The molecular formula is C18H17N5O3. The highest BCUT2D eigenvalue weighted by atomic mass is 16.2. The lowest BCUT2D eigenvalue weighted by molar-refractivity contribution is 0.0845. The van der Waals surface area contributed by atoms with Crippen molar-refractivity contribution in [1.29, 1.82) is 0 Å². The van der Waals surface area contributed by atoms with Crippen LogP contribution in [0.3, 0.4) is 0 Å². The molecule has 0 radical (unpaired) electrons. The summed E-state index contributed by atoms with van der Waals surface area (Å²) in [5.41, 5.74) is 5.52. The third-order valence-corrected chi connectivity index (χ3v) is 3.77. The van der Waals surface area contributed by atoms with Crippen molar-refractivity contribution < 1.29 is 9.59 Å². The van der Waals surface area contributed by atoms with Gasteiger partial charge >= 0.3 is 0 Å². The Morgan fingerprint density at radius 2 is 1.81 bits per heavy atom. The van der Waals surface area contributed by atoms with Gasteiger partial charge < -0.3 is 4.90 Å². The summed E-state index contributed by atoms with van der Waals surface area (Å²) in [5.74, 6) is -1.23. The SMILES string of the molecule is CN(C)c1cccc(C(=O)NNC(=O)c2cnc3ccccn3c2=O)c1. The van der Waals surface area contributed by atoms with E-state index in [2.05, 4.69) is 15.8 Å². The molecule has 2 N–H and O–H groups in total. The molecule has 8 heteroatoms. The van der Waals surface area contributed by atoms with Crippen molar-refractivity contribution in [3.05, 3.63) is 76.3 Å². The fourth-order valence-electron chi connectivity index (χ4n) is 2.36. The second kappa shape index (κ2) is 7.06. The third kappa shape index (κ3) is 3.39. The van der Waals surface area contributed by atoms with E-state index in [1.165, 1.54) is 16.8 Å². The van der Waals surface area contributed by atoms with Gasteiger partial charge in [-0.25, -0.2) is 4.98 Å². The number of carbonyl (C=O) groups excluding carboxylic acids is 2. The highest BCUT2D eigenvalue weighted by molar-refractivity contribution is 5.99. The molecule has 2 aromatic heterocycles. The molecule has 0 aliphatic carbocycles. The molecule has 0 spiro atoms. The number of nitrogens with zero attached hydrogens (tertiary/aromatic N) is 3. The van der Waals surface area contributed by atoms with Crippen LogP contribution in [0, 0.1) is 0 Å². The molecule has 2 amide bonds. The van der Waals surface area contributed by atoms with Gasteiger partial charge in [-0.05, 0) is 30.3 Å². The van der Waals surface area contributed by atoms with Gasteiger partial charge in [-0.2, -0.15) is 0 Å². The number of hydrazine groups is 1. The third-order valence-electron chi connectivity index (χ3n) is 3.77. The number of nitrogens with one attached hydrogen (secondary N) is 2. The van der Waals surface area contributed by atoms with Crippen molar-refractivity contribution >= 4 is 23.1 Å². The van der Waals surface area contributed by atoms with Crippen LogP contribution in [0.5, 0.6) is 0 Å². The maximum Gasteiger partial charge on any atom is 0.276 e. The van der Waals surface area contributed by atoms with Gasteiger partial charge in [0.2, 0.25) is 0 Å². The number of benzene rings is 1. The largest absolute Gasteiger partial charge is 0.378 e. The average molecular weight is 351 g/mol. The van der Waals surface area contributed by atoms with Crippen LogP contribution in [0.25, 0.3) is 5.65 Å². The molecule has 0 fully saturated rings. The number of hydrogen-bond acceptors (Lipinski definition) is 5. The Morgan fingerprint density at radius 1 is 1.04 bits per heavy atom. The lowest BCUT2D eigenvalue weighted by atomic mass is 10.2. The van der Waals surface area contributed by atoms with Gasteiger partial charge in [-0.1, -0.05) is 12.1 Å². The molecule has 0 unspecified atom stereocenters. The van der Waals surface area contributed by atoms with E-state index in [-0.39, 0.29) is 5.56 Å². The average Bonchev–Trinajstić information content (AvgIpc) is 2.66. The summed E-state index contributed by atoms with van der Waals surface area (Å²) >= 11 is 0. The molecule has 0 saturated carbocycles.